The average Bonchev–Trinajstić information content (AvgIpc) is 3.07. The molecule has 1 aromatic carbocycles. The van der Waals surface area contributed by atoms with Crippen molar-refractivity contribution in [3.63, 3.8) is 0 Å². The van der Waals surface area contributed by atoms with Crippen molar-refractivity contribution >= 4 is 23.1 Å². The Morgan fingerprint density at radius 3 is 2.64 bits per heavy atom. The maximum absolute atomic E-state index is 11.7. The normalized spacial score (nSPS) is 11.1. The second-order valence-corrected chi connectivity index (χ2v) is 5.31. The summed E-state index contributed by atoms with van der Waals surface area (Å²) in [6, 6.07) is 8.92. The lowest BCUT2D eigenvalue weighted by Crippen LogP contribution is -2.75. The largest absolute Gasteiger partial charge is 0.493 e. The van der Waals surface area contributed by atoms with Crippen molar-refractivity contribution in [2.75, 3.05) is 14.2 Å². The minimum absolute atomic E-state index is 0.317. The fourth-order valence-corrected chi connectivity index (χ4v) is 2.40. The maximum atomic E-state index is 11.7. The molecule has 6 nitrogen and oxygen atoms in total. The first-order valence-electron chi connectivity index (χ1n) is 6.47. The van der Waals surface area contributed by atoms with Crippen LogP contribution in [0.25, 0.3) is 0 Å². The van der Waals surface area contributed by atoms with Gasteiger partial charge in [0, 0.05) is 0 Å². The van der Waals surface area contributed by atoms with Gasteiger partial charge in [-0.2, -0.15) is 0 Å². The highest BCUT2D eigenvalue weighted by Crippen LogP contribution is 2.27. The predicted molar refractivity (Wildman–Crippen MR) is 83.1 cm³/mol. The summed E-state index contributed by atoms with van der Waals surface area (Å²) in [4.78, 5) is 17.1. The Morgan fingerprint density at radius 1 is 1.23 bits per heavy atom. The Balaban J connectivity index is 2.00. The molecule has 0 saturated heterocycles. The van der Waals surface area contributed by atoms with Crippen LogP contribution in [0, 0.1) is 0 Å². The van der Waals surface area contributed by atoms with E-state index in [2.05, 4.69) is 5.16 Å². The third-order valence-corrected chi connectivity index (χ3v) is 3.69. The zero-order valence-electron chi connectivity index (χ0n) is 12.3. The van der Waals surface area contributed by atoms with E-state index in [4.69, 9.17) is 20.0 Å². The lowest BCUT2D eigenvalue weighted by atomic mass is 10.1. The van der Waals surface area contributed by atoms with Gasteiger partial charge in [-0.3, -0.25) is 10.6 Å². The molecule has 0 fully saturated rings. The zero-order chi connectivity index (χ0) is 15.9. The predicted octanol–water partition coefficient (Wildman–Crippen LogP) is 0.518. The van der Waals surface area contributed by atoms with Crippen LogP contribution < -0.4 is 20.4 Å². The molecule has 0 unspecified atom stereocenters. The van der Waals surface area contributed by atoms with E-state index >= 15 is 0 Å². The van der Waals surface area contributed by atoms with E-state index in [1.165, 1.54) is 11.3 Å². The van der Waals surface area contributed by atoms with E-state index in [-0.39, 0.29) is 0 Å². The number of rotatable bonds is 6. The minimum Gasteiger partial charge on any atom is -0.493 e. The fourth-order valence-electron chi connectivity index (χ4n) is 1.80. The first kappa shape index (κ1) is 15.8. The first-order chi connectivity index (χ1) is 10.6. The van der Waals surface area contributed by atoms with Crippen LogP contribution in [0.15, 0.2) is 35.7 Å². The number of thiophene rings is 1. The second-order valence-electron chi connectivity index (χ2n) is 4.36. The second kappa shape index (κ2) is 7.46. The number of hydrogen-bond donors (Lipinski definition) is 2. The lowest BCUT2D eigenvalue weighted by molar-refractivity contribution is -0.722. The van der Waals surface area contributed by atoms with Gasteiger partial charge in [-0.1, -0.05) is 17.3 Å². The number of nitrogens with two attached hydrogens (primary N) is 1. The molecular weight excluding hydrogens is 304 g/mol. The van der Waals surface area contributed by atoms with Crippen LogP contribution in [0.4, 0.5) is 0 Å². The SMILES string of the molecule is COc1ccc(CC(N)=[NH+]OC(=O)c2cccs2)cc1OC. The summed E-state index contributed by atoms with van der Waals surface area (Å²) in [5.41, 5.74) is 6.73. The Hall–Kier alpha value is -2.54. The molecular formula is C15H17N2O4S+. The van der Waals surface area contributed by atoms with Crippen LogP contribution in [0.5, 0.6) is 11.5 Å². The fraction of sp³-hybridized carbons (Fsp3) is 0.200. The number of nitrogens with one attached hydrogen (secondary N) is 1. The molecule has 0 aliphatic heterocycles. The molecule has 0 radical (unpaired) electrons. The third-order valence-electron chi connectivity index (χ3n) is 2.84. The van der Waals surface area contributed by atoms with E-state index in [9.17, 15) is 4.79 Å². The molecule has 0 atom stereocenters. The van der Waals surface area contributed by atoms with Crippen molar-refractivity contribution in [3.8, 4) is 11.5 Å². The van der Waals surface area contributed by atoms with Crippen LogP contribution >= 0.6 is 11.3 Å². The summed E-state index contributed by atoms with van der Waals surface area (Å²) in [6.45, 7) is 0. The topological polar surface area (TPSA) is 84.8 Å². The zero-order valence-corrected chi connectivity index (χ0v) is 13.1. The molecule has 1 heterocycles. The molecule has 0 aliphatic rings. The van der Waals surface area contributed by atoms with E-state index in [1.807, 2.05) is 12.1 Å². The van der Waals surface area contributed by atoms with Crippen molar-refractivity contribution in [2.24, 2.45) is 5.73 Å². The van der Waals surface area contributed by atoms with Crippen molar-refractivity contribution in [2.45, 2.75) is 6.42 Å². The smallest absolute Gasteiger partial charge is 0.397 e. The highest BCUT2D eigenvalue weighted by Gasteiger charge is 2.12. The molecule has 0 aliphatic carbocycles. The molecule has 0 bridgehead atoms. The number of carbonyl (C=O) groups excluding carboxylic acids is 1. The molecule has 7 heteroatoms. The van der Waals surface area contributed by atoms with E-state index in [1.54, 1.807) is 37.8 Å². The monoisotopic (exact) mass is 321 g/mol. The molecule has 3 N–H and O–H groups in total. The molecule has 2 rings (SSSR count). The standard InChI is InChI=1S/C15H16N2O4S/c1-19-11-6-5-10(8-12(11)20-2)9-14(16)17-21-15(18)13-4-3-7-22-13/h3-8H,9H2,1-2H3,(H2,16,17)/p+1. The van der Waals surface area contributed by atoms with Gasteiger partial charge in [-0.05, 0) is 29.1 Å². The van der Waals surface area contributed by atoms with Gasteiger partial charge in [0.05, 0.1) is 20.6 Å². The van der Waals surface area contributed by atoms with Gasteiger partial charge in [0.25, 0.3) is 5.84 Å². The van der Waals surface area contributed by atoms with E-state index in [0.29, 0.717) is 28.6 Å². The van der Waals surface area contributed by atoms with Crippen LogP contribution in [-0.4, -0.2) is 26.0 Å². The van der Waals surface area contributed by atoms with Gasteiger partial charge in [-0.15, -0.1) is 11.3 Å². The van der Waals surface area contributed by atoms with Crippen LogP contribution in [-0.2, 0) is 11.3 Å². The molecule has 0 spiro atoms. The van der Waals surface area contributed by atoms with E-state index in [0.717, 1.165) is 5.56 Å². The number of amidine groups is 1. The number of ether oxygens (including phenoxy) is 2. The molecule has 22 heavy (non-hydrogen) atoms. The van der Waals surface area contributed by atoms with Crippen molar-refractivity contribution in [1.29, 1.82) is 0 Å². The molecule has 1 aromatic heterocycles. The Labute approximate surface area is 132 Å². The van der Waals surface area contributed by atoms with Gasteiger partial charge in [0.2, 0.25) is 0 Å². The van der Waals surface area contributed by atoms with Crippen molar-refractivity contribution < 1.29 is 24.3 Å². The quantitative estimate of drug-likeness (QED) is 0.351. The summed E-state index contributed by atoms with van der Waals surface area (Å²) < 4.78 is 10.4. The Bertz CT molecular complexity index is 668. The maximum Gasteiger partial charge on any atom is 0.397 e. The number of hydrogen-bond acceptors (Lipinski definition) is 5. The summed E-state index contributed by atoms with van der Waals surface area (Å²) >= 11 is 1.30. The summed E-state index contributed by atoms with van der Waals surface area (Å²) in [6.07, 6.45) is 0.387. The minimum atomic E-state index is -0.467. The number of carbonyl (C=O) groups is 1. The van der Waals surface area contributed by atoms with Gasteiger partial charge >= 0.3 is 5.97 Å². The number of benzene rings is 1. The summed E-state index contributed by atoms with van der Waals surface area (Å²) in [7, 11) is 3.14. The third kappa shape index (κ3) is 3.98. The molecule has 116 valence electrons. The van der Waals surface area contributed by atoms with Crippen molar-refractivity contribution in [1.82, 2.24) is 0 Å². The Morgan fingerprint density at radius 2 is 2.00 bits per heavy atom. The molecule has 0 saturated carbocycles. The number of methoxy groups -OCH3 is 2. The highest BCUT2D eigenvalue weighted by atomic mass is 32.1. The van der Waals surface area contributed by atoms with Gasteiger partial charge in [0.1, 0.15) is 4.88 Å². The highest BCUT2D eigenvalue weighted by molar-refractivity contribution is 7.11. The first-order valence-corrected chi connectivity index (χ1v) is 7.35. The van der Waals surface area contributed by atoms with Crippen LogP contribution in [0.2, 0.25) is 0 Å². The summed E-state index contributed by atoms with van der Waals surface area (Å²) in [5.74, 6) is 1.10. The Kier molecular flexibility index (Phi) is 5.37. The van der Waals surface area contributed by atoms with Crippen LogP contribution in [0.1, 0.15) is 15.2 Å². The average molecular weight is 321 g/mol. The lowest BCUT2D eigenvalue weighted by Gasteiger charge is -2.08. The van der Waals surface area contributed by atoms with Gasteiger partial charge < -0.3 is 9.47 Å². The van der Waals surface area contributed by atoms with Gasteiger partial charge in [-0.25, -0.2) is 4.79 Å². The summed E-state index contributed by atoms with van der Waals surface area (Å²) in [5, 5.41) is 4.26. The van der Waals surface area contributed by atoms with Gasteiger partial charge in [0.15, 0.2) is 11.5 Å². The molecule has 2 aromatic rings. The molecule has 0 amide bonds. The van der Waals surface area contributed by atoms with Crippen molar-refractivity contribution in [3.05, 3.63) is 46.2 Å². The van der Waals surface area contributed by atoms with Crippen LogP contribution in [0.3, 0.4) is 0 Å². The van der Waals surface area contributed by atoms with E-state index < -0.39 is 5.97 Å².